The first kappa shape index (κ1) is 12.2. The Balaban J connectivity index is 2.73. The van der Waals surface area contributed by atoms with Gasteiger partial charge in [0, 0.05) is 10.5 Å². The zero-order valence-corrected chi connectivity index (χ0v) is 10.6. The molecule has 1 unspecified atom stereocenters. The van der Waals surface area contributed by atoms with Crippen LogP contribution >= 0.6 is 15.9 Å². The van der Waals surface area contributed by atoms with E-state index < -0.39 is 0 Å². The molecule has 1 aromatic rings. The molecule has 2 atom stereocenters. The molecule has 1 aromatic carbocycles. The maximum Gasteiger partial charge on any atom is 0.0954 e. The Morgan fingerprint density at radius 2 is 2.13 bits per heavy atom. The fraction of sp³-hybridized carbons (Fsp3) is 0.417. The third kappa shape index (κ3) is 3.33. The van der Waals surface area contributed by atoms with E-state index in [4.69, 9.17) is 5.26 Å². The molecule has 0 aromatic heterocycles. The van der Waals surface area contributed by atoms with Crippen molar-refractivity contribution in [2.75, 3.05) is 0 Å². The average Bonchev–Trinajstić information content (AvgIpc) is 2.26. The summed E-state index contributed by atoms with van der Waals surface area (Å²) in [5.41, 5.74) is 1.19. The standard InChI is InChI=1S/C12H15BrN2/c1-3-10(8-14)15-9(2)11-6-4-5-7-12(11)13/h4-7,9-10,15H,3H2,1-2H3/t9-,10?/m1/s1. The summed E-state index contributed by atoms with van der Waals surface area (Å²) in [5, 5.41) is 12.1. The van der Waals surface area contributed by atoms with Gasteiger partial charge in [-0.3, -0.25) is 5.32 Å². The molecule has 2 nitrogen and oxygen atoms in total. The predicted molar refractivity (Wildman–Crippen MR) is 65.4 cm³/mol. The Kier molecular flexibility index (Phi) is 4.80. The summed E-state index contributed by atoms with van der Waals surface area (Å²) in [5.74, 6) is 0. The number of rotatable bonds is 4. The van der Waals surface area contributed by atoms with Crippen LogP contribution in [0, 0.1) is 11.3 Å². The number of hydrogen-bond donors (Lipinski definition) is 1. The van der Waals surface area contributed by atoms with E-state index in [1.54, 1.807) is 0 Å². The quantitative estimate of drug-likeness (QED) is 0.907. The molecular formula is C12H15BrN2. The van der Waals surface area contributed by atoms with E-state index in [1.807, 2.05) is 25.1 Å². The van der Waals surface area contributed by atoms with Crippen molar-refractivity contribution in [3.8, 4) is 6.07 Å². The lowest BCUT2D eigenvalue weighted by molar-refractivity contribution is 0.507. The van der Waals surface area contributed by atoms with Crippen molar-refractivity contribution < 1.29 is 0 Å². The highest BCUT2D eigenvalue weighted by molar-refractivity contribution is 9.10. The fourth-order valence-corrected chi connectivity index (χ4v) is 2.09. The van der Waals surface area contributed by atoms with E-state index in [0.717, 1.165) is 10.9 Å². The van der Waals surface area contributed by atoms with Crippen molar-refractivity contribution in [3.63, 3.8) is 0 Å². The second-order valence-electron chi connectivity index (χ2n) is 3.50. The van der Waals surface area contributed by atoms with Crippen LogP contribution in [0.15, 0.2) is 28.7 Å². The van der Waals surface area contributed by atoms with Gasteiger partial charge in [-0.2, -0.15) is 5.26 Å². The molecule has 0 radical (unpaired) electrons. The van der Waals surface area contributed by atoms with Crippen molar-refractivity contribution in [1.29, 1.82) is 5.26 Å². The molecule has 0 aliphatic heterocycles. The maximum absolute atomic E-state index is 8.87. The topological polar surface area (TPSA) is 35.8 Å². The SMILES string of the molecule is CCC(C#N)N[C@H](C)c1ccccc1Br. The number of nitrogens with zero attached hydrogens (tertiary/aromatic N) is 1. The van der Waals surface area contributed by atoms with Gasteiger partial charge in [0.25, 0.3) is 0 Å². The molecule has 3 heteroatoms. The third-order valence-corrected chi connectivity index (χ3v) is 3.11. The first-order chi connectivity index (χ1) is 7.19. The summed E-state index contributed by atoms with van der Waals surface area (Å²) in [6.45, 7) is 4.08. The van der Waals surface area contributed by atoms with Crippen LogP contribution in [0.1, 0.15) is 31.9 Å². The molecule has 0 aliphatic carbocycles. The lowest BCUT2D eigenvalue weighted by Crippen LogP contribution is -2.29. The average molecular weight is 267 g/mol. The fourth-order valence-electron chi connectivity index (χ4n) is 1.46. The Hall–Kier alpha value is -0.850. The number of nitrogens with one attached hydrogen (secondary N) is 1. The Bertz CT molecular complexity index is 357. The lowest BCUT2D eigenvalue weighted by Gasteiger charge is -2.18. The number of benzene rings is 1. The van der Waals surface area contributed by atoms with Gasteiger partial charge in [0.2, 0.25) is 0 Å². The summed E-state index contributed by atoms with van der Waals surface area (Å²) in [6.07, 6.45) is 0.825. The van der Waals surface area contributed by atoms with Gasteiger partial charge in [0.15, 0.2) is 0 Å². The van der Waals surface area contributed by atoms with Gasteiger partial charge < -0.3 is 0 Å². The van der Waals surface area contributed by atoms with E-state index >= 15 is 0 Å². The normalized spacial score (nSPS) is 14.3. The number of hydrogen-bond acceptors (Lipinski definition) is 2. The van der Waals surface area contributed by atoms with E-state index in [1.165, 1.54) is 5.56 Å². The van der Waals surface area contributed by atoms with Gasteiger partial charge in [-0.15, -0.1) is 0 Å². The van der Waals surface area contributed by atoms with Crippen LogP contribution in [0.25, 0.3) is 0 Å². The molecule has 0 spiro atoms. The van der Waals surface area contributed by atoms with Gasteiger partial charge in [-0.1, -0.05) is 41.1 Å². The second kappa shape index (κ2) is 5.89. The van der Waals surface area contributed by atoms with Gasteiger partial charge in [-0.25, -0.2) is 0 Å². The highest BCUT2D eigenvalue weighted by Gasteiger charge is 2.12. The highest BCUT2D eigenvalue weighted by atomic mass is 79.9. The zero-order chi connectivity index (χ0) is 11.3. The van der Waals surface area contributed by atoms with Gasteiger partial charge in [0.1, 0.15) is 0 Å². The molecule has 1 rings (SSSR count). The first-order valence-electron chi connectivity index (χ1n) is 5.09. The Labute approximate surface area is 99.4 Å². The van der Waals surface area contributed by atoms with Gasteiger partial charge >= 0.3 is 0 Å². The van der Waals surface area contributed by atoms with Crippen LogP contribution in [0.4, 0.5) is 0 Å². The molecule has 0 heterocycles. The molecule has 0 bridgehead atoms. The minimum absolute atomic E-state index is 0.0768. The zero-order valence-electron chi connectivity index (χ0n) is 9.00. The van der Waals surface area contributed by atoms with Crippen LogP contribution in [-0.2, 0) is 0 Å². The molecule has 1 N–H and O–H groups in total. The number of nitriles is 1. The van der Waals surface area contributed by atoms with Crippen LogP contribution in [0.2, 0.25) is 0 Å². The first-order valence-corrected chi connectivity index (χ1v) is 5.88. The number of halogens is 1. The summed E-state index contributed by atoms with van der Waals surface area (Å²) >= 11 is 3.51. The third-order valence-electron chi connectivity index (χ3n) is 2.39. The smallest absolute Gasteiger partial charge is 0.0954 e. The van der Waals surface area contributed by atoms with Crippen molar-refractivity contribution >= 4 is 15.9 Å². The van der Waals surface area contributed by atoms with E-state index in [2.05, 4.69) is 40.3 Å². The highest BCUT2D eigenvalue weighted by Crippen LogP contribution is 2.23. The minimum Gasteiger partial charge on any atom is -0.295 e. The molecule has 0 saturated carbocycles. The lowest BCUT2D eigenvalue weighted by atomic mass is 10.1. The van der Waals surface area contributed by atoms with Crippen LogP contribution in [0.3, 0.4) is 0 Å². The van der Waals surface area contributed by atoms with Gasteiger partial charge in [-0.05, 0) is 25.0 Å². The summed E-state index contributed by atoms with van der Waals surface area (Å²) in [7, 11) is 0. The molecule has 0 saturated heterocycles. The molecular weight excluding hydrogens is 252 g/mol. The van der Waals surface area contributed by atoms with Crippen molar-refractivity contribution in [2.24, 2.45) is 0 Å². The maximum atomic E-state index is 8.87. The van der Waals surface area contributed by atoms with Crippen LogP contribution in [0.5, 0.6) is 0 Å². The van der Waals surface area contributed by atoms with Crippen molar-refractivity contribution in [2.45, 2.75) is 32.4 Å². The summed E-state index contributed by atoms with van der Waals surface area (Å²) < 4.78 is 1.08. The molecule has 0 amide bonds. The Morgan fingerprint density at radius 3 is 2.67 bits per heavy atom. The van der Waals surface area contributed by atoms with E-state index in [9.17, 15) is 0 Å². The molecule has 15 heavy (non-hydrogen) atoms. The minimum atomic E-state index is -0.0768. The summed E-state index contributed by atoms with van der Waals surface area (Å²) in [6, 6.07) is 10.4. The van der Waals surface area contributed by atoms with Crippen LogP contribution < -0.4 is 5.32 Å². The van der Waals surface area contributed by atoms with Crippen LogP contribution in [-0.4, -0.2) is 6.04 Å². The Morgan fingerprint density at radius 1 is 1.47 bits per heavy atom. The molecule has 80 valence electrons. The van der Waals surface area contributed by atoms with Crippen molar-refractivity contribution in [1.82, 2.24) is 5.32 Å². The van der Waals surface area contributed by atoms with E-state index in [0.29, 0.717) is 0 Å². The molecule has 0 aliphatic rings. The van der Waals surface area contributed by atoms with E-state index in [-0.39, 0.29) is 12.1 Å². The largest absolute Gasteiger partial charge is 0.295 e. The predicted octanol–water partition coefficient (Wildman–Crippen LogP) is 3.40. The summed E-state index contributed by atoms with van der Waals surface area (Å²) in [4.78, 5) is 0. The monoisotopic (exact) mass is 266 g/mol. The molecule has 0 fully saturated rings. The second-order valence-corrected chi connectivity index (χ2v) is 4.35. The van der Waals surface area contributed by atoms with Crippen molar-refractivity contribution in [3.05, 3.63) is 34.3 Å². The van der Waals surface area contributed by atoms with Gasteiger partial charge in [0.05, 0.1) is 12.1 Å².